The summed E-state index contributed by atoms with van der Waals surface area (Å²) in [5.74, 6) is -1.37. The van der Waals surface area contributed by atoms with Gasteiger partial charge in [-0.3, -0.25) is 15.6 Å². The van der Waals surface area contributed by atoms with Crippen molar-refractivity contribution in [2.75, 3.05) is 5.43 Å². The number of nitriles is 1. The summed E-state index contributed by atoms with van der Waals surface area (Å²) < 4.78 is 0. The molecule has 0 aromatic heterocycles. The van der Waals surface area contributed by atoms with Crippen LogP contribution in [0.4, 0.5) is 5.69 Å². The van der Waals surface area contributed by atoms with Crippen LogP contribution in [-0.2, 0) is 11.2 Å². The van der Waals surface area contributed by atoms with Crippen molar-refractivity contribution in [3.8, 4) is 6.07 Å². The van der Waals surface area contributed by atoms with E-state index in [2.05, 4.69) is 10.5 Å². The summed E-state index contributed by atoms with van der Waals surface area (Å²) in [4.78, 5) is 10.5. The zero-order valence-electron chi connectivity index (χ0n) is 9.34. The molecule has 7 heteroatoms. The zero-order chi connectivity index (χ0) is 13.5. The maximum atomic E-state index is 10.5. The van der Waals surface area contributed by atoms with Gasteiger partial charge in [0.25, 0.3) is 0 Å². The fourth-order valence-electron chi connectivity index (χ4n) is 1.19. The number of anilines is 1. The van der Waals surface area contributed by atoms with Crippen LogP contribution in [0.5, 0.6) is 0 Å². The number of nitrogens with zero attached hydrogens (tertiary/aromatic N) is 2. The summed E-state index contributed by atoms with van der Waals surface area (Å²) in [5.41, 5.74) is 8.54. The zero-order valence-corrected chi connectivity index (χ0v) is 9.34. The lowest BCUT2D eigenvalue weighted by Crippen LogP contribution is -2.21. The highest BCUT2D eigenvalue weighted by Gasteiger charge is 2.03. The number of nitrogens with one attached hydrogen (secondary N) is 2. The molecule has 0 spiro atoms. The number of carboxylic acids is 1. The fraction of sp³-hybridized carbons (Fsp3) is 0.0909. The summed E-state index contributed by atoms with van der Waals surface area (Å²) in [6.45, 7) is 0. The van der Waals surface area contributed by atoms with Crippen LogP contribution in [-0.4, -0.2) is 22.6 Å². The van der Waals surface area contributed by atoms with Crippen molar-refractivity contribution in [1.29, 1.82) is 10.7 Å². The first-order chi connectivity index (χ1) is 8.52. The highest BCUT2D eigenvalue weighted by molar-refractivity contribution is 6.45. The van der Waals surface area contributed by atoms with Crippen molar-refractivity contribution < 1.29 is 9.90 Å². The van der Waals surface area contributed by atoms with Gasteiger partial charge < -0.3 is 10.8 Å². The van der Waals surface area contributed by atoms with Crippen LogP contribution in [0.25, 0.3) is 0 Å². The molecule has 0 aliphatic rings. The van der Waals surface area contributed by atoms with Gasteiger partial charge in [-0.05, 0) is 17.7 Å². The van der Waals surface area contributed by atoms with Gasteiger partial charge in [-0.25, -0.2) is 0 Å². The van der Waals surface area contributed by atoms with Crippen LogP contribution >= 0.6 is 0 Å². The average Bonchev–Trinajstić information content (AvgIpc) is 2.29. The lowest BCUT2D eigenvalue weighted by molar-refractivity contribution is -0.136. The largest absolute Gasteiger partial charge is 0.481 e. The molecule has 0 unspecified atom stereocenters. The Morgan fingerprint density at radius 3 is 2.89 bits per heavy atom. The second kappa shape index (κ2) is 6.00. The average molecular weight is 245 g/mol. The summed E-state index contributed by atoms with van der Waals surface area (Å²) in [6, 6.07) is 8.24. The third-order valence-corrected chi connectivity index (χ3v) is 1.94. The normalized spacial score (nSPS) is 10.5. The third-order valence-electron chi connectivity index (χ3n) is 1.94. The highest BCUT2D eigenvalue weighted by Crippen LogP contribution is 2.11. The predicted octanol–water partition coefficient (Wildman–Crippen LogP) is 0.541. The van der Waals surface area contributed by atoms with E-state index >= 15 is 0 Å². The van der Waals surface area contributed by atoms with Gasteiger partial charge in [-0.15, -0.1) is 0 Å². The van der Waals surface area contributed by atoms with Gasteiger partial charge in [0.1, 0.15) is 6.07 Å². The van der Waals surface area contributed by atoms with Crippen LogP contribution < -0.4 is 11.2 Å². The van der Waals surface area contributed by atoms with Crippen LogP contribution in [0.3, 0.4) is 0 Å². The van der Waals surface area contributed by atoms with E-state index < -0.39 is 11.8 Å². The minimum absolute atomic E-state index is 0.100. The summed E-state index contributed by atoms with van der Waals surface area (Å²) in [5, 5.41) is 28.0. The highest BCUT2D eigenvalue weighted by atomic mass is 16.4. The van der Waals surface area contributed by atoms with Crippen molar-refractivity contribution in [3.05, 3.63) is 29.8 Å². The number of hydrogen-bond donors (Lipinski definition) is 4. The molecular formula is C11H11N5O2. The van der Waals surface area contributed by atoms with Crippen molar-refractivity contribution in [2.24, 2.45) is 10.8 Å². The molecule has 0 fully saturated rings. The van der Waals surface area contributed by atoms with E-state index in [0.29, 0.717) is 11.3 Å². The second-order valence-corrected chi connectivity index (χ2v) is 3.37. The van der Waals surface area contributed by atoms with Gasteiger partial charge in [0.2, 0.25) is 5.71 Å². The van der Waals surface area contributed by atoms with Gasteiger partial charge >= 0.3 is 5.97 Å². The molecule has 0 saturated heterocycles. The van der Waals surface area contributed by atoms with Crippen LogP contribution in [0, 0.1) is 16.7 Å². The monoisotopic (exact) mass is 245 g/mol. The molecule has 92 valence electrons. The van der Waals surface area contributed by atoms with E-state index in [1.165, 1.54) is 0 Å². The third kappa shape index (κ3) is 3.94. The van der Waals surface area contributed by atoms with Crippen LogP contribution in [0.15, 0.2) is 29.4 Å². The molecule has 7 nitrogen and oxygen atoms in total. The van der Waals surface area contributed by atoms with E-state index in [0.717, 1.165) is 0 Å². The second-order valence-electron chi connectivity index (χ2n) is 3.37. The van der Waals surface area contributed by atoms with Crippen molar-refractivity contribution in [1.82, 2.24) is 0 Å². The molecule has 0 aliphatic carbocycles. The number of carbonyl (C=O) groups is 1. The molecule has 0 heterocycles. The van der Waals surface area contributed by atoms with Crippen molar-refractivity contribution in [3.63, 3.8) is 0 Å². The van der Waals surface area contributed by atoms with Crippen LogP contribution in [0.2, 0.25) is 0 Å². The molecule has 0 amide bonds. The lowest BCUT2D eigenvalue weighted by Gasteiger charge is -2.03. The molecular weight excluding hydrogens is 234 g/mol. The SMILES string of the molecule is N#C/C(=N\Nc1cccc(CC(=O)O)c1)C(=N)N. The Balaban J connectivity index is 2.83. The Hall–Kier alpha value is -2.88. The summed E-state index contributed by atoms with van der Waals surface area (Å²) in [6.07, 6.45) is -0.100. The number of benzene rings is 1. The van der Waals surface area contributed by atoms with Crippen molar-refractivity contribution in [2.45, 2.75) is 6.42 Å². The molecule has 18 heavy (non-hydrogen) atoms. The predicted molar refractivity (Wildman–Crippen MR) is 66.4 cm³/mol. The van der Waals surface area contributed by atoms with Gasteiger partial charge in [-0.2, -0.15) is 10.4 Å². The maximum absolute atomic E-state index is 10.5. The Kier molecular flexibility index (Phi) is 4.40. The van der Waals surface area contributed by atoms with E-state index in [9.17, 15) is 4.79 Å². The quantitative estimate of drug-likeness (QED) is 0.341. The molecule has 0 radical (unpaired) electrons. The number of nitrogens with two attached hydrogens (primary N) is 1. The van der Waals surface area contributed by atoms with E-state index in [-0.39, 0.29) is 12.1 Å². The molecule has 1 rings (SSSR count). The number of hydrogen-bond acceptors (Lipinski definition) is 5. The number of rotatable bonds is 5. The smallest absolute Gasteiger partial charge is 0.307 e. The minimum atomic E-state index is -0.933. The Morgan fingerprint density at radius 2 is 2.33 bits per heavy atom. The van der Waals surface area contributed by atoms with Gasteiger partial charge in [0.05, 0.1) is 12.1 Å². The molecule has 0 aliphatic heterocycles. The summed E-state index contributed by atoms with van der Waals surface area (Å²) >= 11 is 0. The molecule has 0 atom stereocenters. The van der Waals surface area contributed by atoms with Gasteiger partial charge in [-0.1, -0.05) is 12.1 Å². The molecule has 0 saturated carbocycles. The first-order valence-electron chi connectivity index (χ1n) is 4.92. The summed E-state index contributed by atoms with van der Waals surface area (Å²) in [7, 11) is 0. The van der Waals surface area contributed by atoms with E-state index in [1.807, 2.05) is 0 Å². The van der Waals surface area contributed by atoms with Crippen molar-refractivity contribution >= 4 is 23.2 Å². The molecule has 1 aromatic rings. The topological polar surface area (TPSA) is 135 Å². The minimum Gasteiger partial charge on any atom is -0.481 e. The molecule has 5 N–H and O–H groups in total. The van der Waals surface area contributed by atoms with Gasteiger partial charge in [0, 0.05) is 0 Å². The fourth-order valence-corrected chi connectivity index (χ4v) is 1.19. The van der Waals surface area contributed by atoms with Gasteiger partial charge in [0.15, 0.2) is 5.84 Å². The maximum Gasteiger partial charge on any atom is 0.307 e. The number of amidine groups is 1. The number of hydrazone groups is 1. The first kappa shape index (κ1) is 13.2. The Labute approximate surface area is 103 Å². The van der Waals surface area contributed by atoms with E-state index in [1.54, 1.807) is 30.3 Å². The standard InChI is InChI=1S/C11H11N5O2/c12-6-9(11(13)14)16-15-8-3-1-2-7(4-8)5-10(17)18/h1-4,15H,5H2,(H3,13,14)(H,17,18)/b16-9+. The first-order valence-corrected chi connectivity index (χ1v) is 4.92. The molecule has 0 bridgehead atoms. The van der Waals surface area contributed by atoms with Crippen LogP contribution in [0.1, 0.15) is 5.56 Å². The van der Waals surface area contributed by atoms with E-state index in [4.69, 9.17) is 21.5 Å². The Morgan fingerprint density at radius 1 is 1.61 bits per heavy atom. The Bertz CT molecular complexity index is 545. The lowest BCUT2D eigenvalue weighted by atomic mass is 10.1. The molecule has 1 aromatic carbocycles. The number of aliphatic carboxylic acids is 1. The number of carboxylic acid groups (broad SMARTS) is 1.